The molecule has 1 fully saturated rings. The van der Waals surface area contributed by atoms with Gasteiger partial charge in [-0.3, -0.25) is 9.78 Å². The standard InChI is InChI=1S/C22H22N4O/c27-22(21-15-24-14-20(21)16-6-2-1-3-7-16)26-18-9-4-8-17(12-18)25-19-10-5-11-23-13-19/h1-13,20-21,24-25H,14-15H2,(H,26,27)/t20-,21+/m1/s1. The molecule has 2 heterocycles. The zero-order chi connectivity index (χ0) is 18.5. The molecule has 1 aliphatic heterocycles. The lowest BCUT2D eigenvalue weighted by Crippen LogP contribution is -2.28. The Kier molecular flexibility index (Phi) is 5.12. The first-order chi connectivity index (χ1) is 13.3. The monoisotopic (exact) mass is 358 g/mol. The van der Waals surface area contributed by atoms with Gasteiger partial charge in [0.25, 0.3) is 0 Å². The highest BCUT2D eigenvalue weighted by molar-refractivity contribution is 5.94. The summed E-state index contributed by atoms with van der Waals surface area (Å²) < 4.78 is 0. The first-order valence-corrected chi connectivity index (χ1v) is 9.13. The van der Waals surface area contributed by atoms with Gasteiger partial charge in [0.05, 0.1) is 17.8 Å². The molecule has 27 heavy (non-hydrogen) atoms. The number of hydrogen-bond donors (Lipinski definition) is 3. The van der Waals surface area contributed by atoms with Crippen LogP contribution in [0.15, 0.2) is 79.1 Å². The Morgan fingerprint density at radius 1 is 0.926 bits per heavy atom. The average Bonchev–Trinajstić information content (AvgIpc) is 3.20. The summed E-state index contributed by atoms with van der Waals surface area (Å²) in [6, 6.07) is 21.8. The second kappa shape index (κ2) is 8.01. The van der Waals surface area contributed by atoms with Gasteiger partial charge in [0.2, 0.25) is 5.91 Å². The molecule has 5 heteroatoms. The van der Waals surface area contributed by atoms with Gasteiger partial charge < -0.3 is 16.0 Å². The van der Waals surface area contributed by atoms with Crippen molar-refractivity contribution in [3.8, 4) is 0 Å². The van der Waals surface area contributed by atoms with Gasteiger partial charge in [-0.2, -0.15) is 0 Å². The lowest BCUT2D eigenvalue weighted by molar-refractivity contribution is -0.119. The van der Waals surface area contributed by atoms with Gasteiger partial charge in [-0.15, -0.1) is 0 Å². The number of aromatic nitrogens is 1. The summed E-state index contributed by atoms with van der Waals surface area (Å²) in [7, 11) is 0. The molecule has 1 aliphatic rings. The minimum atomic E-state index is -0.0812. The fourth-order valence-electron chi connectivity index (χ4n) is 3.52. The van der Waals surface area contributed by atoms with Crippen molar-refractivity contribution in [3.63, 3.8) is 0 Å². The number of pyridine rings is 1. The molecule has 0 unspecified atom stereocenters. The first-order valence-electron chi connectivity index (χ1n) is 9.13. The molecule has 0 saturated carbocycles. The van der Waals surface area contributed by atoms with E-state index >= 15 is 0 Å². The average molecular weight is 358 g/mol. The van der Waals surface area contributed by atoms with Crippen LogP contribution in [0.1, 0.15) is 11.5 Å². The maximum absolute atomic E-state index is 12.9. The van der Waals surface area contributed by atoms with E-state index in [-0.39, 0.29) is 17.7 Å². The number of carbonyl (C=O) groups excluding carboxylic acids is 1. The number of nitrogens with zero attached hydrogens (tertiary/aromatic N) is 1. The Morgan fingerprint density at radius 3 is 2.56 bits per heavy atom. The second-order valence-corrected chi connectivity index (χ2v) is 6.72. The fraction of sp³-hybridized carbons (Fsp3) is 0.182. The van der Waals surface area contributed by atoms with E-state index in [2.05, 4.69) is 33.1 Å². The number of carbonyl (C=O) groups is 1. The highest BCUT2D eigenvalue weighted by Gasteiger charge is 2.33. The molecule has 5 nitrogen and oxygen atoms in total. The van der Waals surface area contributed by atoms with E-state index in [1.54, 1.807) is 12.4 Å². The molecule has 1 saturated heterocycles. The van der Waals surface area contributed by atoms with Crippen molar-refractivity contribution < 1.29 is 4.79 Å². The summed E-state index contributed by atoms with van der Waals surface area (Å²) in [4.78, 5) is 17.0. The quantitative estimate of drug-likeness (QED) is 0.650. The molecule has 2 atom stereocenters. The van der Waals surface area contributed by atoms with Crippen LogP contribution in [-0.4, -0.2) is 24.0 Å². The summed E-state index contributed by atoms with van der Waals surface area (Å²) in [5.74, 6) is 0.164. The Labute approximate surface area is 158 Å². The van der Waals surface area contributed by atoms with Crippen molar-refractivity contribution in [2.24, 2.45) is 5.92 Å². The summed E-state index contributed by atoms with van der Waals surface area (Å²) in [6.45, 7) is 1.52. The van der Waals surface area contributed by atoms with Crippen LogP contribution in [0.2, 0.25) is 0 Å². The van der Waals surface area contributed by atoms with Crippen LogP contribution >= 0.6 is 0 Å². The SMILES string of the molecule is O=C(Nc1cccc(Nc2cccnc2)c1)[C@H]1CNC[C@@H]1c1ccccc1. The normalized spacial score (nSPS) is 18.8. The molecular formula is C22H22N4O. The minimum Gasteiger partial charge on any atom is -0.354 e. The van der Waals surface area contributed by atoms with Gasteiger partial charge in [0, 0.05) is 36.6 Å². The zero-order valence-corrected chi connectivity index (χ0v) is 14.9. The molecule has 1 aromatic heterocycles. The largest absolute Gasteiger partial charge is 0.354 e. The smallest absolute Gasteiger partial charge is 0.229 e. The van der Waals surface area contributed by atoms with Crippen LogP contribution in [0, 0.1) is 5.92 Å². The molecule has 0 spiro atoms. The molecule has 1 amide bonds. The van der Waals surface area contributed by atoms with Crippen LogP contribution < -0.4 is 16.0 Å². The number of nitrogens with one attached hydrogen (secondary N) is 3. The molecule has 3 aromatic rings. The predicted octanol–water partition coefficient (Wildman–Crippen LogP) is 3.77. The third-order valence-corrected chi connectivity index (χ3v) is 4.86. The summed E-state index contributed by atoms with van der Waals surface area (Å²) in [5.41, 5.74) is 3.80. The van der Waals surface area contributed by atoms with E-state index in [0.717, 1.165) is 23.6 Å². The lowest BCUT2D eigenvalue weighted by atomic mass is 9.88. The van der Waals surface area contributed by atoms with Gasteiger partial charge >= 0.3 is 0 Å². The number of hydrogen-bond acceptors (Lipinski definition) is 4. The van der Waals surface area contributed by atoms with Crippen LogP contribution in [0.4, 0.5) is 17.1 Å². The molecule has 0 bridgehead atoms. The van der Waals surface area contributed by atoms with E-state index in [0.29, 0.717) is 6.54 Å². The van der Waals surface area contributed by atoms with Crippen molar-refractivity contribution >= 4 is 23.0 Å². The van der Waals surface area contributed by atoms with Crippen molar-refractivity contribution in [2.75, 3.05) is 23.7 Å². The molecule has 0 radical (unpaired) electrons. The third-order valence-electron chi connectivity index (χ3n) is 4.86. The van der Waals surface area contributed by atoms with Gasteiger partial charge in [-0.05, 0) is 35.9 Å². The lowest BCUT2D eigenvalue weighted by Gasteiger charge is -2.19. The van der Waals surface area contributed by atoms with Crippen molar-refractivity contribution in [1.29, 1.82) is 0 Å². The number of amides is 1. The third kappa shape index (κ3) is 4.15. The molecule has 136 valence electrons. The van der Waals surface area contributed by atoms with Crippen molar-refractivity contribution in [1.82, 2.24) is 10.3 Å². The molecule has 2 aromatic carbocycles. The summed E-state index contributed by atoms with van der Waals surface area (Å²) >= 11 is 0. The molecular weight excluding hydrogens is 336 g/mol. The maximum atomic E-state index is 12.9. The summed E-state index contributed by atoms with van der Waals surface area (Å²) in [6.07, 6.45) is 3.50. The van der Waals surface area contributed by atoms with Crippen LogP contribution in [0.25, 0.3) is 0 Å². The van der Waals surface area contributed by atoms with Crippen molar-refractivity contribution in [3.05, 3.63) is 84.7 Å². The number of rotatable bonds is 5. The highest BCUT2D eigenvalue weighted by Crippen LogP contribution is 2.29. The predicted molar refractivity (Wildman–Crippen MR) is 108 cm³/mol. The van der Waals surface area contributed by atoms with Crippen molar-refractivity contribution in [2.45, 2.75) is 5.92 Å². The molecule has 0 aliphatic carbocycles. The minimum absolute atomic E-state index is 0.0485. The second-order valence-electron chi connectivity index (χ2n) is 6.72. The van der Waals surface area contributed by atoms with Gasteiger partial charge in [-0.25, -0.2) is 0 Å². The molecule has 4 rings (SSSR count). The Bertz CT molecular complexity index is 898. The van der Waals surface area contributed by atoms with E-state index < -0.39 is 0 Å². The highest BCUT2D eigenvalue weighted by atomic mass is 16.1. The number of anilines is 3. The maximum Gasteiger partial charge on any atom is 0.229 e. The van der Waals surface area contributed by atoms with E-state index in [1.807, 2.05) is 54.6 Å². The number of benzene rings is 2. The molecule has 3 N–H and O–H groups in total. The van der Waals surface area contributed by atoms with E-state index in [9.17, 15) is 4.79 Å². The van der Waals surface area contributed by atoms with Crippen LogP contribution in [-0.2, 0) is 4.79 Å². The van der Waals surface area contributed by atoms with Crippen LogP contribution in [0.5, 0.6) is 0 Å². The Morgan fingerprint density at radius 2 is 1.74 bits per heavy atom. The van der Waals surface area contributed by atoms with Gasteiger partial charge in [-0.1, -0.05) is 36.4 Å². The fourth-order valence-corrected chi connectivity index (χ4v) is 3.52. The van der Waals surface area contributed by atoms with E-state index in [1.165, 1.54) is 5.56 Å². The van der Waals surface area contributed by atoms with Crippen LogP contribution in [0.3, 0.4) is 0 Å². The topological polar surface area (TPSA) is 66.0 Å². The summed E-state index contributed by atoms with van der Waals surface area (Å²) in [5, 5.41) is 9.72. The first kappa shape index (κ1) is 17.2. The zero-order valence-electron chi connectivity index (χ0n) is 14.9. The van der Waals surface area contributed by atoms with Gasteiger partial charge in [0.1, 0.15) is 0 Å². The van der Waals surface area contributed by atoms with Gasteiger partial charge in [0.15, 0.2) is 0 Å². The Balaban J connectivity index is 1.45. The van der Waals surface area contributed by atoms with E-state index in [4.69, 9.17) is 0 Å². The Hall–Kier alpha value is -3.18.